The lowest BCUT2D eigenvalue weighted by Crippen LogP contribution is -2.32. The average Bonchev–Trinajstić information content (AvgIpc) is 2.42. The average molecular weight is 293 g/mol. The van der Waals surface area contributed by atoms with E-state index in [9.17, 15) is 14.0 Å². The van der Waals surface area contributed by atoms with Crippen molar-refractivity contribution in [2.45, 2.75) is 38.6 Å². The van der Waals surface area contributed by atoms with Crippen LogP contribution in [0.5, 0.6) is 0 Å². The van der Waals surface area contributed by atoms with E-state index in [0.717, 1.165) is 25.7 Å². The van der Waals surface area contributed by atoms with Crippen molar-refractivity contribution in [1.29, 1.82) is 0 Å². The van der Waals surface area contributed by atoms with E-state index in [0.29, 0.717) is 5.69 Å². The van der Waals surface area contributed by atoms with Crippen LogP contribution in [-0.2, 0) is 9.59 Å². The Hall–Kier alpha value is -1.95. The molecule has 1 saturated carbocycles. The van der Waals surface area contributed by atoms with Gasteiger partial charge in [-0.25, -0.2) is 4.39 Å². The largest absolute Gasteiger partial charge is 0.328 e. The van der Waals surface area contributed by atoms with Crippen LogP contribution in [0, 0.1) is 11.7 Å². The van der Waals surface area contributed by atoms with Crippen molar-refractivity contribution in [2.75, 3.05) is 10.6 Å². The highest BCUT2D eigenvalue weighted by Crippen LogP contribution is 2.26. The minimum Gasteiger partial charge on any atom is -0.328 e. The van der Waals surface area contributed by atoms with E-state index in [1.807, 2.05) is 0 Å². The number of amides is 2. The van der Waals surface area contributed by atoms with Gasteiger partial charge in [-0.1, -0.05) is 0 Å². The summed E-state index contributed by atoms with van der Waals surface area (Å²) < 4.78 is 13.7. The highest BCUT2D eigenvalue weighted by atomic mass is 19.1. The number of halogens is 1. The standard InChI is InChI=1S/C15H20FN3O2/c1-9(20)18-12-6-7-13(16)14(8-12)19-15(21)10-2-4-11(17)5-3-10/h6-8,10-11H,2-5,17H2,1H3,(H,18,20)(H,19,21). The Morgan fingerprint density at radius 1 is 1.19 bits per heavy atom. The lowest BCUT2D eigenvalue weighted by molar-refractivity contribution is -0.120. The Morgan fingerprint density at radius 3 is 2.48 bits per heavy atom. The van der Waals surface area contributed by atoms with Gasteiger partial charge in [0.15, 0.2) is 0 Å². The number of nitrogens with one attached hydrogen (secondary N) is 2. The number of carbonyl (C=O) groups excluding carboxylic acids is 2. The van der Waals surface area contributed by atoms with Crippen molar-refractivity contribution in [1.82, 2.24) is 0 Å². The monoisotopic (exact) mass is 293 g/mol. The molecule has 114 valence electrons. The lowest BCUT2D eigenvalue weighted by atomic mass is 9.86. The van der Waals surface area contributed by atoms with Crippen LogP contribution in [0.15, 0.2) is 18.2 Å². The van der Waals surface area contributed by atoms with Gasteiger partial charge in [0.25, 0.3) is 0 Å². The highest BCUT2D eigenvalue weighted by molar-refractivity contribution is 5.94. The fraction of sp³-hybridized carbons (Fsp3) is 0.467. The van der Waals surface area contributed by atoms with Crippen LogP contribution < -0.4 is 16.4 Å². The summed E-state index contributed by atoms with van der Waals surface area (Å²) in [5, 5.41) is 5.16. The molecule has 0 aliphatic heterocycles. The molecule has 1 aliphatic carbocycles. The van der Waals surface area contributed by atoms with Gasteiger partial charge in [0.05, 0.1) is 5.69 Å². The second-order valence-electron chi connectivity index (χ2n) is 5.48. The zero-order valence-electron chi connectivity index (χ0n) is 12.0. The Balaban J connectivity index is 2.04. The van der Waals surface area contributed by atoms with Crippen LogP contribution in [0.3, 0.4) is 0 Å². The number of carbonyl (C=O) groups is 2. The molecule has 6 heteroatoms. The maximum absolute atomic E-state index is 13.7. The van der Waals surface area contributed by atoms with Gasteiger partial charge in [-0.3, -0.25) is 9.59 Å². The predicted molar refractivity (Wildman–Crippen MR) is 79.3 cm³/mol. The van der Waals surface area contributed by atoms with E-state index < -0.39 is 5.82 Å². The third kappa shape index (κ3) is 4.26. The van der Waals surface area contributed by atoms with Crippen LogP contribution in [0.2, 0.25) is 0 Å². The van der Waals surface area contributed by atoms with Crippen LogP contribution in [0.4, 0.5) is 15.8 Å². The molecule has 0 spiro atoms. The summed E-state index contributed by atoms with van der Waals surface area (Å²) in [6.45, 7) is 1.37. The molecule has 0 heterocycles. The fourth-order valence-electron chi connectivity index (χ4n) is 2.52. The molecule has 0 aromatic heterocycles. The third-order valence-corrected chi connectivity index (χ3v) is 3.69. The minimum absolute atomic E-state index is 0.0844. The number of anilines is 2. The van der Waals surface area contributed by atoms with Crippen molar-refractivity contribution in [3.05, 3.63) is 24.0 Å². The first-order valence-corrected chi connectivity index (χ1v) is 7.09. The molecular weight excluding hydrogens is 273 g/mol. The Kier molecular flexibility index (Phi) is 4.90. The molecule has 2 rings (SSSR count). The minimum atomic E-state index is -0.523. The summed E-state index contributed by atoms with van der Waals surface area (Å²) in [4.78, 5) is 23.2. The van der Waals surface area contributed by atoms with E-state index in [4.69, 9.17) is 5.73 Å². The fourth-order valence-corrected chi connectivity index (χ4v) is 2.52. The number of hydrogen-bond acceptors (Lipinski definition) is 3. The van der Waals surface area contributed by atoms with Gasteiger partial charge in [-0.05, 0) is 43.9 Å². The zero-order chi connectivity index (χ0) is 15.4. The molecule has 0 unspecified atom stereocenters. The first-order valence-electron chi connectivity index (χ1n) is 7.09. The summed E-state index contributed by atoms with van der Waals surface area (Å²) in [6.07, 6.45) is 3.07. The topological polar surface area (TPSA) is 84.2 Å². The molecule has 1 fully saturated rings. The van der Waals surface area contributed by atoms with Gasteiger partial charge in [0.2, 0.25) is 11.8 Å². The normalized spacial score (nSPS) is 21.7. The van der Waals surface area contributed by atoms with E-state index in [2.05, 4.69) is 10.6 Å². The zero-order valence-corrected chi connectivity index (χ0v) is 12.0. The van der Waals surface area contributed by atoms with Gasteiger partial charge >= 0.3 is 0 Å². The smallest absolute Gasteiger partial charge is 0.227 e. The van der Waals surface area contributed by atoms with Gasteiger partial charge in [0.1, 0.15) is 5.82 Å². The van der Waals surface area contributed by atoms with Crippen LogP contribution in [0.25, 0.3) is 0 Å². The van der Waals surface area contributed by atoms with Crippen molar-refractivity contribution < 1.29 is 14.0 Å². The molecule has 5 nitrogen and oxygen atoms in total. The molecule has 2 amide bonds. The summed E-state index contributed by atoms with van der Waals surface area (Å²) >= 11 is 0. The number of rotatable bonds is 3. The second kappa shape index (κ2) is 6.67. The molecule has 0 saturated heterocycles. The van der Waals surface area contributed by atoms with E-state index in [1.165, 1.54) is 25.1 Å². The van der Waals surface area contributed by atoms with E-state index >= 15 is 0 Å². The molecule has 0 radical (unpaired) electrons. The number of nitrogens with two attached hydrogens (primary N) is 1. The molecule has 1 aliphatic rings. The van der Waals surface area contributed by atoms with Crippen LogP contribution in [-0.4, -0.2) is 17.9 Å². The molecule has 0 bridgehead atoms. The summed E-state index contributed by atoms with van der Waals surface area (Å²) in [5.74, 6) is -1.10. The van der Waals surface area contributed by atoms with Crippen molar-refractivity contribution in [3.63, 3.8) is 0 Å². The first-order chi connectivity index (χ1) is 9.95. The second-order valence-corrected chi connectivity index (χ2v) is 5.48. The van der Waals surface area contributed by atoms with Crippen molar-refractivity contribution in [3.8, 4) is 0 Å². The number of hydrogen-bond donors (Lipinski definition) is 3. The molecule has 1 aromatic rings. The first kappa shape index (κ1) is 15.4. The lowest BCUT2D eigenvalue weighted by Gasteiger charge is -2.25. The van der Waals surface area contributed by atoms with Crippen molar-refractivity contribution >= 4 is 23.2 Å². The third-order valence-electron chi connectivity index (χ3n) is 3.69. The van der Waals surface area contributed by atoms with Crippen LogP contribution in [0.1, 0.15) is 32.6 Å². The number of benzene rings is 1. The van der Waals surface area contributed by atoms with Gasteiger partial charge < -0.3 is 16.4 Å². The highest BCUT2D eigenvalue weighted by Gasteiger charge is 2.25. The maximum Gasteiger partial charge on any atom is 0.227 e. The summed E-state index contributed by atoms with van der Waals surface area (Å²) in [6, 6.07) is 4.25. The molecule has 1 aromatic carbocycles. The Morgan fingerprint density at radius 2 is 1.86 bits per heavy atom. The SMILES string of the molecule is CC(=O)Nc1ccc(F)c(NC(=O)C2CCC(N)CC2)c1. The van der Waals surface area contributed by atoms with Gasteiger partial charge in [-0.15, -0.1) is 0 Å². The molecule has 21 heavy (non-hydrogen) atoms. The molecule has 0 atom stereocenters. The Bertz CT molecular complexity index is 540. The predicted octanol–water partition coefficient (Wildman–Crippen LogP) is 2.24. The van der Waals surface area contributed by atoms with Crippen LogP contribution >= 0.6 is 0 Å². The molecular formula is C15H20FN3O2. The van der Waals surface area contributed by atoms with Gasteiger partial charge in [0, 0.05) is 24.6 Å². The summed E-state index contributed by atoms with van der Waals surface area (Å²) in [7, 11) is 0. The molecule has 4 N–H and O–H groups in total. The summed E-state index contributed by atoms with van der Waals surface area (Å²) in [5.41, 5.74) is 6.34. The van der Waals surface area contributed by atoms with E-state index in [1.54, 1.807) is 0 Å². The maximum atomic E-state index is 13.7. The quantitative estimate of drug-likeness (QED) is 0.799. The Labute approximate surface area is 123 Å². The van der Waals surface area contributed by atoms with E-state index in [-0.39, 0.29) is 29.5 Å². The van der Waals surface area contributed by atoms with Gasteiger partial charge in [-0.2, -0.15) is 0 Å². The van der Waals surface area contributed by atoms with Crippen molar-refractivity contribution in [2.24, 2.45) is 11.7 Å².